The fourth-order valence-electron chi connectivity index (χ4n) is 3.61. The second kappa shape index (κ2) is 8.28. The minimum atomic E-state index is -0.936. The summed E-state index contributed by atoms with van der Waals surface area (Å²) in [5, 5.41) is 11.4. The molecular formula is C23H17ClFNO5. The summed E-state index contributed by atoms with van der Waals surface area (Å²) < 4.78 is 24.5. The number of nitrogens with zero attached hydrogens (tertiary/aromatic N) is 1. The van der Waals surface area contributed by atoms with Crippen LogP contribution in [-0.4, -0.2) is 28.8 Å². The maximum absolute atomic E-state index is 14.2. The van der Waals surface area contributed by atoms with E-state index in [1.165, 1.54) is 30.4 Å². The molecule has 1 aliphatic heterocycles. The van der Waals surface area contributed by atoms with Gasteiger partial charge in [-0.05, 0) is 48.0 Å². The summed E-state index contributed by atoms with van der Waals surface area (Å²) in [4.78, 5) is 27.1. The number of likely N-dealkylation sites (tertiary alicyclic amines) is 1. The average molecular weight is 442 g/mol. The molecule has 0 bridgehead atoms. The highest BCUT2D eigenvalue weighted by Gasteiger charge is 2.46. The zero-order valence-electron chi connectivity index (χ0n) is 16.3. The van der Waals surface area contributed by atoms with E-state index in [2.05, 4.69) is 0 Å². The number of hydrogen-bond acceptors (Lipinski definition) is 5. The van der Waals surface area contributed by atoms with E-state index >= 15 is 0 Å². The van der Waals surface area contributed by atoms with Crippen LogP contribution in [0.25, 0.3) is 5.76 Å². The number of aliphatic hydroxyl groups is 1. The number of ketones is 1. The van der Waals surface area contributed by atoms with Gasteiger partial charge in [-0.2, -0.15) is 0 Å². The van der Waals surface area contributed by atoms with Crippen LogP contribution in [-0.2, 0) is 16.1 Å². The Labute approximate surface area is 182 Å². The van der Waals surface area contributed by atoms with E-state index in [1.54, 1.807) is 36.4 Å². The lowest BCUT2D eigenvalue weighted by Crippen LogP contribution is -2.29. The first-order valence-electron chi connectivity index (χ1n) is 9.31. The van der Waals surface area contributed by atoms with E-state index in [0.29, 0.717) is 16.3 Å². The predicted molar refractivity (Wildman–Crippen MR) is 111 cm³/mol. The smallest absolute Gasteiger partial charge is 0.296 e. The molecule has 3 aromatic rings. The molecule has 4 rings (SSSR count). The van der Waals surface area contributed by atoms with Crippen LogP contribution in [0.5, 0.6) is 5.75 Å². The van der Waals surface area contributed by atoms with Crippen molar-refractivity contribution < 1.29 is 28.2 Å². The van der Waals surface area contributed by atoms with Gasteiger partial charge in [-0.3, -0.25) is 9.59 Å². The molecule has 1 aliphatic rings. The number of methoxy groups -OCH3 is 1. The van der Waals surface area contributed by atoms with Crippen LogP contribution < -0.4 is 4.74 Å². The van der Waals surface area contributed by atoms with Crippen molar-refractivity contribution in [1.29, 1.82) is 0 Å². The van der Waals surface area contributed by atoms with Crippen molar-refractivity contribution in [2.45, 2.75) is 12.6 Å². The zero-order valence-corrected chi connectivity index (χ0v) is 17.1. The van der Waals surface area contributed by atoms with Crippen molar-refractivity contribution >= 4 is 29.1 Å². The fraction of sp³-hybridized carbons (Fsp3) is 0.130. The van der Waals surface area contributed by atoms with Gasteiger partial charge in [0.2, 0.25) is 0 Å². The third-order valence-corrected chi connectivity index (χ3v) is 5.27. The molecule has 0 aliphatic carbocycles. The van der Waals surface area contributed by atoms with Crippen LogP contribution >= 0.6 is 11.6 Å². The number of aliphatic hydroxyl groups excluding tert-OH is 1. The largest absolute Gasteiger partial charge is 0.507 e. The maximum Gasteiger partial charge on any atom is 0.296 e. The standard InChI is InChI=1S/C23H17ClFNO5/c1-30-18-8-7-14(11-17(18)25)21(27)19-20(13-4-2-5-15(24)10-13)26(23(29)22(19)28)12-16-6-3-9-31-16/h2-11,20,27H,12H2,1H3/t20-/m1/s1. The zero-order chi connectivity index (χ0) is 22.1. The number of hydrogen-bond donors (Lipinski definition) is 1. The van der Waals surface area contributed by atoms with Gasteiger partial charge >= 0.3 is 0 Å². The van der Waals surface area contributed by atoms with E-state index in [1.807, 2.05) is 0 Å². The SMILES string of the molecule is COc1ccc(C(O)=C2C(=O)C(=O)N(Cc3ccco3)[C@@H]2c2cccc(Cl)c2)cc1F. The molecule has 2 heterocycles. The Kier molecular flexibility index (Phi) is 5.52. The first kappa shape index (κ1) is 20.7. The second-order valence-electron chi connectivity index (χ2n) is 6.91. The van der Waals surface area contributed by atoms with E-state index in [4.69, 9.17) is 20.8 Å². The average Bonchev–Trinajstić information content (AvgIpc) is 3.35. The van der Waals surface area contributed by atoms with Gasteiger partial charge in [0, 0.05) is 10.6 Å². The number of ether oxygens (including phenoxy) is 1. The number of benzene rings is 2. The lowest BCUT2D eigenvalue weighted by atomic mass is 9.95. The molecule has 0 spiro atoms. The number of amides is 1. The Hall–Kier alpha value is -3.58. The third-order valence-electron chi connectivity index (χ3n) is 5.04. The normalized spacial score (nSPS) is 17.9. The van der Waals surface area contributed by atoms with Gasteiger partial charge in [0.05, 0.1) is 31.5 Å². The summed E-state index contributed by atoms with van der Waals surface area (Å²) in [6, 6.07) is 12.8. The Morgan fingerprint density at radius 2 is 2.00 bits per heavy atom. The molecule has 6 nitrogen and oxygen atoms in total. The Morgan fingerprint density at radius 3 is 2.65 bits per heavy atom. The number of furan rings is 1. The molecule has 0 radical (unpaired) electrons. The van der Waals surface area contributed by atoms with Crippen molar-refractivity contribution in [1.82, 2.24) is 4.90 Å². The van der Waals surface area contributed by atoms with Crippen molar-refractivity contribution in [3.05, 3.63) is 94.2 Å². The minimum absolute atomic E-state index is 0.00249. The first-order valence-corrected chi connectivity index (χ1v) is 9.68. The summed E-state index contributed by atoms with van der Waals surface area (Å²) in [7, 11) is 1.32. The third kappa shape index (κ3) is 3.80. The van der Waals surface area contributed by atoms with Crippen LogP contribution in [0.1, 0.15) is 22.9 Å². The molecule has 0 unspecified atom stereocenters. The van der Waals surface area contributed by atoms with Crippen LogP contribution in [0.4, 0.5) is 4.39 Å². The molecule has 1 N–H and O–H groups in total. The molecule has 1 atom stereocenters. The highest BCUT2D eigenvalue weighted by molar-refractivity contribution is 6.46. The summed E-state index contributed by atoms with van der Waals surface area (Å²) in [6.45, 7) is 0.00249. The number of halogens is 2. The Morgan fingerprint density at radius 1 is 1.19 bits per heavy atom. The molecule has 2 aromatic carbocycles. The van der Waals surface area contributed by atoms with Crippen LogP contribution in [0, 0.1) is 5.82 Å². The quantitative estimate of drug-likeness (QED) is 0.352. The molecule has 1 aromatic heterocycles. The van der Waals surface area contributed by atoms with Gasteiger partial charge < -0.3 is 19.2 Å². The van der Waals surface area contributed by atoms with E-state index in [9.17, 15) is 19.1 Å². The fourth-order valence-corrected chi connectivity index (χ4v) is 3.80. The van der Waals surface area contributed by atoms with Crippen molar-refractivity contribution in [2.24, 2.45) is 0 Å². The van der Waals surface area contributed by atoms with Crippen molar-refractivity contribution in [3.8, 4) is 5.75 Å². The topological polar surface area (TPSA) is 80.0 Å². The summed E-state index contributed by atoms with van der Waals surface area (Å²) in [5.41, 5.74) is 0.401. The molecule has 31 heavy (non-hydrogen) atoms. The van der Waals surface area contributed by atoms with Crippen LogP contribution in [0.3, 0.4) is 0 Å². The highest BCUT2D eigenvalue weighted by Crippen LogP contribution is 2.41. The van der Waals surface area contributed by atoms with E-state index in [0.717, 1.165) is 6.07 Å². The maximum atomic E-state index is 14.2. The highest BCUT2D eigenvalue weighted by atomic mass is 35.5. The molecule has 1 saturated heterocycles. The predicted octanol–water partition coefficient (Wildman–Crippen LogP) is 4.70. The summed E-state index contributed by atoms with van der Waals surface area (Å²) in [6.07, 6.45) is 1.46. The van der Waals surface area contributed by atoms with E-state index < -0.39 is 29.3 Å². The number of Topliss-reactive ketones (excluding diaryl/α,β-unsaturated/α-hetero) is 1. The van der Waals surface area contributed by atoms with Crippen LogP contribution in [0.15, 0.2) is 70.9 Å². The van der Waals surface area contributed by atoms with Gasteiger partial charge in [0.25, 0.3) is 11.7 Å². The molecule has 1 fully saturated rings. The molecule has 158 valence electrons. The molecule has 0 saturated carbocycles. The van der Waals surface area contributed by atoms with Crippen molar-refractivity contribution in [3.63, 3.8) is 0 Å². The van der Waals surface area contributed by atoms with Gasteiger partial charge in [0.1, 0.15) is 11.5 Å². The summed E-state index contributed by atoms with van der Waals surface area (Å²) >= 11 is 6.14. The summed E-state index contributed by atoms with van der Waals surface area (Å²) in [5.74, 6) is -2.45. The lowest BCUT2D eigenvalue weighted by Gasteiger charge is -2.24. The number of carbonyl (C=O) groups excluding carboxylic acids is 2. The van der Waals surface area contributed by atoms with Gasteiger partial charge in [-0.1, -0.05) is 23.7 Å². The minimum Gasteiger partial charge on any atom is -0.507 e. The van der Waals surface area contributed by atoms with Crippen LogP contribution in [0.2, 0.25) is 5.02 Å². The second-order valence-corrected chi connectivity index (χ2v) is 7.35. The first-order chi connectivity index (χ1) is 14.9. The van der Waals surface area contributed by atoms with E-state index in [-0.39, 0.29) is 23.4 Å². The molecule has 1 amide bonds. The monoisotopic (exact) mass is 441 g/mol. The lowest BCUT2D eigenvalue weighted by molar-refractivity contribution is -0.140. The van der Waals surface area contributed by atoms with Gasteiger partial charge in [-0.15, -0.1) is 0 Å². The van der Waals surface area contributed by atoms with Gasteiger partial charge in [-0.25, -0.2) is 4.39 Å². The van der Waals surface area contributed by atoms with Gasteiger partial charge in [0.15, 0.2) is 11.6 Å². The Bertz CT molecular complexity index is 1190. The Balaban J connectivity index is 1.87. The molecular weight excluding hydrogens is 425 g/mol. The number of rotatable bonds is 5. The number of carbonyl (C=O) groups is 2. The molecule has 8 heteroatoms. The van der Waals surface area contributed by atoms with Crippen molar-refractivity contribution in [2.75, 3.05) is 7.11 Å².